The maximum absolute atomic E-state index is 12.5. The van der Waals surface area contributed by atoms with Crippen LogP contribution in [0.15, 0.2) is 93.8 Å². The third kappa shape index (κ3) is 4.48. The number of nitrogens with one attached hydrogen (secondary N) is 1. The Balaban J connectivity index is 1.30. The predicted molar refractivity (Wildman–Crippen MR) is 131 cm³/mol. The summed E-state index contributed by atoms with van der Waals surface area (Å²) < 4.78 is 11.8. The molecule has 2 heterocycles. The van der Waals surface area contributed by atoms with E-state index in [0.29, 0.717) is 17.3 Å². The van der Waals surface area contributed by atoms with Crippen LogP contribution in [0, 0.1) is 13.8 Å². The summed E-state index contributed by atoms with van der Waals surface area (Å²) in [6.45, 7) is 4.05. The maximum Gasteiger partial charge on any atom is 0.248 e. The normalized spacial score (nSPS) is 11.3. The molecule has 5 aromatic rings. The van der Waals surface area contributed by atoms with Crippen LogP contribution < -0.4 is 5.32 Å². The van der Waals surface area contributed by atoms with E-state index in [1.807, 2.05) is 86.6 Å². The van der Waals surface area contributed by atoms with Gasteiger partial charge in [-0.3, -0.25) is 4.79 Å². The topological polar surface area (TPSA) is 68.3 Å². The van der Waals surface area contributed by atoms with Gasteiger partial charge in [0.25, 0.3) is 0 Å². The molecule has 0 aliphatic carbocycles. The second-order valence-corrected chi connectivity index (χ2v) is 7.92. The van der Waals surface area contributed by atoms with E-state index in [1.54, 1.807) is 6.08 Å². The van der Waals surface area contributed by atoms with Gasteiger partial charge in [0.1, 0.15) is 17.0 Å². The number of hydrogen-bond acceptors (Lipinski definition) is 4. The fourth-order valence-electron chi connectivity index (χ4n) is 3.77. The average Bonchev–Trinajstić information content (AvgIpc) is 3.46. The van der Waals surface area contributed by atoms with Crippen LogP contribution in [0.4, 0.5) is 5.69 Å². The molecule has 5 rings (SSSR count). The number of hydrogen-bond donors (Lipinski definition) is 1. The maximum atomic E-state index is 12.5. The SMILES string of the molecule is Cc1cc(C)c2oc(-c3cccc(NC(=O)C=Cc4ccc(-c5ccccc5)o4)c3)nc2c1. The molecule has 0 atom stereocenters. The van der Waals surface area contributed by atoms with Crippen LogP contribution in [0.2, 0.25) is 0 Å². The van der Waals surface area contributed by atoms with Gasteiger partial charge in [-0.1, -0.05) is 42.5 Å². The molecule has 33 heavy (non-hydrogen) atoms. The highest BCUT2D eigenvalue weighted by Gasteiger charge is 2.12. The first kappa shape index (κ1) is 20.5. The third-order valence-corrected chi connectivity index (χ3v) is 5.28. The monoisotopic (exact) mass is 434 g/mol. The van der Waals surface area contributed by atoms with E-state index in [9.17, 15) is 4.79 Å². The summed E-state index contributed by atoms with van der Waals surface area (Å²) in [6.07, 6.45) is 3.10. The molecule has 5 heteroatoms. The molecule has 0 radical (unpaired) electrons. The van der Waals surface area contributed by atoms with Gasteiger partial charge >= 0.3 is 0 Å². The number of carbonyl (C=O) groups is 1. The summed E-state index contributed by atoms with van der Waals surface area (Å²) >= 11 is 0. The molecule has 0 saturated heterocycles. The standard InChI is InChI=1S/C28H22N2O3/c1-18-15-19(2)27-24(16-18)30-28(33-27)21-9-6-10-22(17-21)29-26(31)14-12-23-11-13-25(32-23)20-7-4-3-5-8-20/h3-17H,1-2H3,(H,29,31). The molecular weight excluding hydrogens is 412 g/mol. The van der Waals surface area contributed by atoms with Crippen molar-refractivity contribution in [3.8, 4) is 22.8 Å². The van der Waals surface area contributed by atoms with Crippen molar-refractivity contribution in [2.75, 3.05) is 5.32 Å². The molecule has 0 saturated carbocycles. The molecule has 2 aromatic heterocycles. The van der Waals surface area contributed by atoms with E-state index in [4.69, 9.17) is 8.83 Å². The van der Waals surface area contributed by atoms with Crippen LogP contribution in [0.5, 0.6) is 0 Å². The van der Waals surface area contributed by atoms with Crippen LogP contribution in [0.3, 0.4) is 0 Å². The van der Waals surface area contributed by atoms with Gasteiger partial charge in [-0.25, -0.2) is 4.98 Å². The van der Waals surface area contributed by atoms with Crippen LogP contribution >= 0.6 is 0 Å². The van der Waals surface area contributed by atoms with Crippen LogP contribution in [0.25, 0.3) is 40.0 Å². The zero-order valence-electron chi connectivity index (χ0n) is 18.3. The first-order chi connectivity index (χ1) is 16.0. The first-order valence-corrected chi connectivity index (χ1v) is 10.7. The van der Waals surface area contributed by atoms with Crippen molar-refractivity contribution in [1.29, 1.82) is 0 Å². The summed E-state index contributed by atoms with van der Waals surface area (Å²) in [6, 6.07) is 25.1. The minimum Gasteiger partial charge on any atom is -0.457 e. The molecule has 0 spiro atoms. The zero-order valence-corrected chi connectivity index (χ0v) is 18.3. The molecule has 162 valence electrons. The Bertz CT molecular complexity index is 1480. The van der Waals surface area contributed by atoms with E-state index in [-0.39, 0.29) is 5.91 Å². The lowest BCUT2D eigenvalue weighted by atomic mass is 10.1. The number of fused-ring (bicyclic) bond motifs is 1. The van der Waals surface area contributed by atoms with E-state index in [2.05, 4.69) is 16.4 Å². The molecule has 5 nitrogen and oxygen atoms in total. The number of carbonyl (C=O) groups excluding carboxylic acids is 1. The molecule has 0 fully saturated rings. The molecule has 0 bridgehead atoms. The van der Waals surface area contributed by atoms with Crippen molar-refractivity contribution in [3.05, 3.63) is 102 Å². The molecule has 3 aromatic carbocycles. The fraction of sp³-hybridized carbons (Fsp3) is 0.0714. The van der Waals surface area contributed by atoms with Gasteiger partial charge in [-0.05, 0) is 67.4 Å². The average molecular weight is 434 g/mol. The molecule has 0 aliphatic rings. The largest absolute Gasteiger partial charge is 0.457 e. The van der Waals surface area contributed by atoms with Crippen molar-refractivity contribution in [3.63, 3.8) is 0 Å². The van der Waals surface area contributed by atoms with Gasteiger partial charge in [0.15, 0.2) is 5.58 Å². The van der Waals surface area contributed by atoms with Gasteiger partial charge in [-0.15, -0.1) is 0 Å². The van der Waals surface area contributed by atoms with E-state index >= 15 is 0 Å². The number of amides is 1. The van der Waals surface area contributed by atoms with Gasteiger partial charge in [0, 0.05) is 22.9 Å². The lowest BCUT2D eigenvalue weighted by Gasteiger charge is -2.03. The minimum absolute atomic E-state index is 0.256. The number of aryl methyl sites for hydroxylation is 2. The quantitative estimate of drug-likeness (QED) is 0.302. The molecule has 1 amide bonds. The fourth-order valence-corrected chi connectivity index (χ4v) is 3.77. The smallest absolute Gasteiger partial charge is 0.248 e. The minimum atomic E-state index is -0.256. The number of oxazole rings is 1. The van der Waals surface area contributed by atoms with Gasteiger partial charge in [0.2, 0.25) is 11.8 Å². The highest BCUT2D eigenvalue weighted by atomic mass is 16.3. The van der Waals surface area contributed by atoms with Crippen molar-refractivity contribution in [2.24, 2.45) is 0 Å². The Labute approximate surface area is 191 Å². The Morgan fingerprint density at radius 1 is 0.879 bits per heavy atom. The van der Waals surface area contributed by atoms with E-state index < -0.39 is 0 Å². The van der Waals surface area contributed by atoms with Crippen LogP contribution in [0.1, 0.15) is 16.9 Å². The van der Waals surface area contributed by atoms with Crippen molar-refractivity contribution < 1.29 is 13.6 Å². The Morgan fingerprint density at radius 2 is 1.70 bits per heavy atom. The number of nitrogens with zero attached hydrogens (tertiary/aromatic N) is 1. The summed E-state index contributed by atoms with van der Waals surface area (Å²) in [5.41, 5.74) is 6.23. The van der Waals surface area contributed by atoms with Crippen LogP contribution in [-0.2, 0) is 4.79 Å². The molecule has 0 unspecified atom stereocenters. The number of rotatable bonds is 5. The highest BCUT2D eigenvalue weighted by Crippen LogP contribution is 2.29. The summed E-state index contributed by atoms with van der Waals surface area (Å²) in [7, 11) is 0. The molecular formula is C28H22N2O3. The van der Waals surface area contributed by atoms with Crippen molar-refractivity contribution in [2.45, 2.75) is 13.8 Å². The van der Waals surface area contributed by atoms with E-state index in [1.165, 1.54) is 6.08 Å². The Morgan fingerprint density at radius 3 is 2.55 bits per heavy atom. The van der Waals surface area contributed by atoms with Crippen LogP contribution in [-0.4, -0.2) is 10.9 Å². The lowest BCUT2D eigenvalue weighted by Crippen LogP contribution is -2.07. The lowest BCUT2D eigenvalue weighted by molar-refractivity contribution is -0.111. The summed E-state index contributed by atoms with van der Waals surface area (Å²) in [4.78, 5) is 17.1. The number of anilines is 1. The van der Waals surface area contributed by atoms with Gasteiger partial charge in [-0.2, -0.15) is 0 Å². The second kappa shape index (κ2) is 8.63. The molecule has 0 aliphatic heterocycles. The van der Waals surface area contributed by atoms with Gasteiger partial charge < -0.3 is 14.2 Å². The van der Waals surface area contributed by atoms with Crippen molar-refractivity contribution in [1.82, 2.24) is 4.98 Å². The Kier molecular flexibility index (Phi) is 5.37. The first-order valence-electron chi connectivity index (χ1n) is 10.7. The van der Waals surface area contributed by atoms with Crippen molar-refractivity contribution >= 4 is 28.8 Å². The number of benzene rings is 3. The second-order valence-electron chi connectivity index (χ2n) is 7.92. The third-order valence-electron chi connectivity index (χ3n) is 5.28. The summed E-state index contributed by atoms with van der Waals surface area (Å²) in [5, 5.41) is 2.88. The predicted octanol–water partition coefficient (Wildman–Crippen LogP) is 7.02. The molecule has 1 N–H and O–H groups in total. The Hall–Kier alpha value is -4.38. The number of furan rings is 1. The zero-order chi connectivity index (χ0) is 22.8. The number of aromatic nitrogens is 1. The summed E-state index contributed by atoms with van der Waals surface area (Å²) in [5.74, 6) is 1.63. The van der Waals surface area contributed by atoms with Gasteiger partial charge in [0.05, 0.1) is 0 Å². The highest BCUT2D eigenvalue weighted by molar-refractivity contribution is 6.02. The van der Waals surface area contributed by atoms with E-state index in [0.717, 1.165) is 39.1 Å².